The third-order valence-corrected chi connectivity index (χ3v) is 6.40. The van der Waals surface area contributed by atoms with Crippen LogP contribution in [0.1, 0.15) is 29.8 Å². The highest BCUT2D eigenvalue weighted by atomic mass is 35.5. The number of carbonyl (C=O) groups excluding carboxylic acids is 2. The van der Waals surface area contributed by atoms with Crippen molar-refractivity contribution in [1.29, 1.82) is 0 Å². The first kappa shape index (κ1) is 27.4. The molecule has 0 aliphatic heterocycles. The Morgan fingerprint density at radius 2 is 1.76 bits per heavy atom. The summed E-state index contributed by atoms with van der Waals surface area (Å²) in [6.45, 7) is 6.07. The van der Waals surface area contributed by atoms with Crippen LogP contribution in [0, 0.1) is 18.7 Å². The molecule has 0 aliphatic carbocycles. The van der Waals surface area contributed by atoms with Gasteiger partial charge in [-0.15, -0.1) is 0 Å². The number of nitrogens with zero attached hydrogens (tertiary/aromatic N) is 3. The summed E-state index contributed by atoms with van der Waals surface area (Å²) in [6, 6.07) is 18.6. The maximum atomic E-state index is 13.8. The Bertz CT molecular complexity index is 1470. The van der Waals surface area contributed by atoms with E-state index in [0.717, 1.165) is 11.1 Å². The van der Waals surface area contributed by atoms with Crippen LogP contribution >= 0.6 is 23.2 Å². The molecular formula is C29H27Cl2FN4O2. The SMILES string of the molecule is Cc1ccccc1C(=O)N(CC(=O)Nc1nc(-c2ccc(Cl)cc2)cn1-c1ccc(F)c(Cl)c1)CC(C)C. The van der Waals surface area contributed by atoms with Crippen LogP contribution in [-0.4, -0.2) is 39.4 Å². The molecule has 6 nitrogen and oxygen atoms in total. The van der Waals surface area contributed by atoms with Gasteiger partial charge < -0.3 is 4.90 Å². The number of hydrogen-bond donors (Lipinski definition) is 1. The minimum atomic E-state index is -0.557. The number of rotatable bonds is 8. The smallest absolute Gasteiger partial charge is 0.254 e. The summed E-state index contributed by atoms with van der Waals surface area (Å²) < 4.78 is 15.5. The molecule has 0 saturated carbocycles. The van der Waals surface area contributed by atoms with Gasteiger partial charge in [0.2, 0.25) is 11.9 Å². The van der Waals surface area contributed by atoms with Crippen LogP contribution in [0.4, 0.5) is 10.3 Å². The van der Waals surface area contributed by atoms with E-state index in [1.165, 1.54) is 23.1 Å². The summed E-state index contributed by atoms with van der Waals surface area (Å²) >= 11 is 12.1. The number of anilines is 1. The molecule has 2 amide bonds. The predicted molar refractivity (Wildman–Crippen MR) is 150 cm³/mol. The van der Waals surface area contributed by atoms with Gasteiger partial charge in [-0.05, 0) is 54.8 Å². The number of nitrogens with one attached hydrogen (secondary N) is 1. The summed E-state index contributed by atoms with van der Waals surface area (Å²) in [6.07, 6.45) is 1.72. The van der Waals surface area contributed by atoms with Gasteiger partial charge >= 0.3 is 0 Å². The van der Waals surface area contributed by atoms with E-state index < -0.39 is 11.7 Å². The summed E-state index contributed by atoms with van der Waals surface area (Å²) in [5.74, 6) is -0.845. The molecule has 3 aromatic carbocycles. The van der Waals surface area contributed by atoms with Crippen molar-refractivity contribution in [3.63, 3.8) is 0 Å². The van der Waals surface area contributed by atoms with E-state index >= 15 is 0 Å². The van der Waals surface area contributed by atoms with Crippen molar-refractivity contribution in [3.05, 3.63) is 99.9 Å². The molecule has 4 aromatic rings. The Balaban J connectivity index is 1.65. The monoisotopic (exact) mass is 552 g/mol. The van der Waals surface area contributed by atoms with Gasteiger partial charge in [-0.3, -0.25) is 19.5 Å². The Kier molecular flexibility index (Phi) is 8.49. The van der Waals surface area contributed by atoms with E-state index in [4.69, 9.17) is 23.2 Å². The molecule has 0 saturated heterocycles. The lowest BCUT2D eigenvalue weighted by Gasteiger charge is -2.25. The largest absolute Gasteiger partial charge is 0.329 e. The molecule has 196 valence electrons. The first-order chi connectivity index (χ1) is 18.1. The molecule has 1 N–H and O–H groups in total. The zero-order valence-electron chi connectivity index (χ0n) is 21.2. The van der Waals surface area contributed by atoms with E-state index in [-0.39, 0.29) is 29.3 Å². The van der Waals surface area contributed by atoms with Crippen molar-refractivity contribution in [3.8, 4) is 16.9 Å². The fourth-order valence-electron chi connectivity index (χ4n) is 4.04. The summed E-state index contributed by atoms with van der Waals surface area (Å²) in [5.41, 5.74) is 3.23. The third kappa shape index (κ3) is 6.41. The molecule has 0 radical (unpaired) electrons. The first-order valence-electron chi connectivity index (χ1n) is 12.1. The second kappa shape index (κ2) is 11.8. The van der Waals surface area contributed by atoms with Crippen molar-refractivity contribution in [2.45, 2.75) is 20.8 Å². The topological polar surface area (TPSA) is 67.2 Å². The normalized spacial score (nSPS) is 11.0. The van der Waals surface area contributed by atoms with Crippen LogP contribution in [0.3, 0.4) is 0 Å². The molecule has 4 rings (SSSR count). The minimum Gasteiger partial charge on any atom is -0.329 e. The number of carbonyl (C=O) groups is 2. The Morgan fingerprint density at radius 1 is 1.05 bits per heavy atom. The molecule has 38 heavy (non-hydrogen) atoms. The van der Waals surface area contributed by atoms with E-state index in [1.54, 1.807) is 35.0 Å². The number of imidazole rings is 1. The first-order valence-corrected chi connectivity index (χ1v) is 12.8. The van der Waals surface area contributed by atoms with Crippen molar-refractivity contribution in [2.24, 2.45) is 5.92 Å². The Hall–Kier alpha value is -3.68. The Labute approximate surface area is 231 Å². The average molecular weight is 553 g/mol. The number of hydrogen-bond acceptors (Lipinski definition) is 3. The number of amides is 2. The molecule has 0 spiro atoms. The molecule has 0 aliphatic rings. The summed E-state index contributed by atoms with van der Waals surface area (Å²) in [7, 11) is 0. The van der Waals surface area contributed by atoms with Crippen molar-refractivity contribution < 1.29 is 14.0 Å². The lowest BCUT2D eigenvalue weighted by Crippen LogP contribution is -2.40. The van der Waals surface area contributed by atoms with Crippen LogP contribution in [0.2, 0.25) is 10.0 Å². The van der Waals surface area contributed by atoms with Gasteiger partial charge in [0.05, 0.1) is 16.4 Å². The molecule has 0 atom stereocenters. The van der Waals surface area contributed by atoms with Crippen LogP contribution in [0.5, 0.6) is 0 Å². The zero-order chi connectivity index (χ0) is 27.4. The second-order valence-electron chi connectivity index (χ2n) is 9.37. The summed E-state index contributed by atoms with van der Waals surface area (Å²) in [4.78, 5) is 32.7. The van der Waals surface area contributed by atoms with Crippen molar-refractivity contribution in [2.75, 3.05) is 18.4 Å². The standard InChI is InChI=1S/C29H27Cl2FN4O2/c1-18(2)15-35(28(38)23-7-5-4-6-19(23)3)17-27(37)34-29-33-26(20-8-10-21(30)11-9-20)16-36(29)22-12-13-25(32)24(31)14-22/h4-14,16,18H,15,17H2,1-3H3,(H,33,34,37). The van der Waals surface area contributed by atoms with Crippen molar-refractivity contribution >= 4 is 41.0 Å². The van der Waals surface area contributed by atoms with Crippen LogP contribution in [0.15, 0.2) is 72.9 Å². The molecule has 1 aromatic heterocycles. The molecule has 0 unspecified atom stereocenters. The maximum absolute atomic E-state index is 13.8. The quantitative estimate of drug-likeness (QED) is 0.255. The van der Waals surface area contributed by atoms with Crippen LogP contribution < -0.4 is 5.32 Å². The highest BCUT2D eigenvalue weighted by Crippen LogP contribution is 2.27. The van der Waals surface area contributed by atoms with Gasteiger partial charge in [-0.25, -0.2) is 9.37 Å². The third-order valence-electron chi connectivity index (χ3n) is 5.86. The molecule has 9 heteroatoms. The number of halogens is 3. The molecule has 1 heterocycles. The maximum Gasteiger partial charge on any atom is 0.254 e. The fourth-order valence-corrected chi connectivity index (χ4v) is 4.34. The van der Waals surface area contributed by atoms with E-state index in [9.17, 15) is 14.0 Å². The predicted octanol–water partition coefficient (Wildman–Crippen LogP) is 7.03. The van der Waals surface area contributed by atoms with Crippen LogP contribution in [0.25, 0.3) is 16.9 Å². The number of aryl methyl sites for hydroxylation is 1. The van der Waals surface area contributed by atoms with Gasteiger partial charge in [-0.1, -0.05) is 67.4 Å². The van der Waals surface area contributed by atoms with E-state index in [0.29, 0.717) is 28.5 Å². The van der Waals surface area contributed by atoms with Crippen LogP contribution in [-0.2, 0) is 4.79 Å². The van der Waals surface area contributed by atoms with Gasteiger partial charge in [0.1, 0.15) is 12.4 Å². The zero-order valence-corrected chi connectivity index (χ0v) is 22.7. The van der Waals surface area contributed by atoms with E-state index in [1.807, 2.05) is 45.0 Å². The van der Waals surface area contributed by atoms with Gasteiger partial charge in [0.15, 0.2) is 0 Å². The lowest BCUT2D eigenvalue weighted by molar-refractivity contribution is -0.117. The number of benzene rings is 3. The van der Waals surface area contributed by atoms with Crippen molar-refractivity contribution in [1.82, 2.24) is 14.5 Å². The van der Waals surface area contributed by atoms with E-state index in [2.05, 4.69) is 10.3 Å². The average Bonchev–Trinajstić information content (AvgIpc) is 3.28. The number of aromatic nitrogens is 2. The highest BCUT2D eigenvalue weighted by molar-refractivity contribution is 6.31. The fraction of sp³-hybridized carbons (Fsp3) is 0.207. The lowest BCUT2D eigenvalue weighted by atomic mass is 10.1. The molecular weight excluding hydrogens is 526 g/mol. The van der Waals surface area contributed by atoms with Gasteiger partial charge in [-0.2, -0.15) is 0 Å². The molecule has 0 fully saturated rings. The minimum absolute atomic E-state index is 0.0616. The Morgan fingerprint density at radius 3 is 2.42 bits per heavy atom. The van der Waals surface area contributed by atoms with Gasteiger partial charge in [0, 0.05) is 28.9 Å². The summed E-state index contributed by atoms with van der Waals surface area (Å²) in [5, 5.41) is 3.34. The second-order valence-corrected chi connectivity index (χ2v) is 10.2. The highest BCUT2D eigenvalue weighted by Gasteiger charge is 2.23. The molecule has 0 bridgehead atoms. The van der Waals surface area contributed by atoms with Gasteiger partial charge in [0.25, 0.3) is 5.91 Å².